The van der Waals surface area contributed by atoms with Crippen LogP contribution in [0, 0.1) is 0 Å². The summed E-state index contributed by atoms with van der Waals surface area (Å²) in [5, 5.41) is 12.4. The summed E-state index contributed by atoms with van der Waals surface area (Å²) < 4.78 is 0. The first-order chi connectivity index (χ1) is 7.83. The predicted octanol–water partition coefficient (Wildman–Crippen LogP) is 2.56. The maximum absolute atomic E-state index is 9.65. The Kier molecular flexibility index (Phi) is 2.42. The molecule has 1 aromatic heterocycles. The number of H-pyrrole nitrogens is 1. The minimum Gasteiger partial charge on any atom is -0.361 e. The summed E-state index contributed by atoms with van der Waals surface area (Å²) in [5.74, 6) is 0. The van der Waals surface area contributed by atoms with E-state index >= 15 is 0 Å². The molecule has 1 aromatic carbocycles. The van der Waals surface area contributed by atoms with E-state index < -0.39 is 0 Å². The van der Waals surface area contributed by atoms with Crippen molar-refractivity contribution < 1.29 is 5.21 Å². The van der Waals surface area contributed by atoms with Crippen LogP contribution in [0.4, 0.5) is 0 Å². The molecule has 84 valence electrons. The van der Waals surface area contributed by atoms with Gasteiger partial charge in [-0.05, 0) is 42.3 Å². The van der Waals surface area contributed by atoms with Crippen molar-refractivity contribution in [2.24, 2.45) is 0 Å². The molecule has 1 fully saturated rings. The molecule has 1 aliphatic rings. The molecule has 1 aliphatic heterocycles. The van der Waals surface area contributed by atoms with Gasteiger partial charge in [0.05, 0.1) is 0 Å². The van der Waals surface area contributed by atoms with Gasteiger partial charge in [0.25, 0.3) is 0 Å². The summed E-state index contributed by atoms with van der Waals surface area (Å²) in [5.41, 5.74) is 2.47. The fraction of sp³-hybridized carbons (Fsp3) is 0.385. The molecule has 0 bridgehead atoms. The first kappa shape index (κ1) is 9.87. The van der Waals surface area contributed by atoms with E-state index in [2.05, 4.69) is 29.2 Å². The van der Waals surface area contributed by atoms with E-state index in [0.29, 0.717) is 6.04 Å². The summed E-state index contributed by atoms with van der Waals surface area (Å²) in [4.78, 5) is 3.22. The molecular weight excluding hydrogens is 200 g/mol. The van der Waals surface area contributed by atoms with Gasteiger partial charge in [0, 0.05) is 24.3 Å². The van der Waals surface area contributed by atoms with E-state index in [0.717, 1.165) is 25.8 Å². The highest BCUT2D eigenvalue weighted by Crippen LogP contribution is 2.21. The van der Waals surface area contributed by atoms with Crippen LogP contribution < -0.4 is 0 Å². The minimum absolute atomic E-state index is 0.299. The van der Waals surface area contributed by atoms with Gasteiger partial charge in [-0.15, -0.1) is 0 Å². The Bertz CT molecular complexity index is 491. The van der Waals surface area contributed by atoms with Crippen molar-refractivity contribution in [1.82, 2.24) is 10.0 Å². The van der Waals surface area contributed by atoms with E-state index in [1.807, 2.05) is 6.20 Å². The minimum atomic E-state index is 0.299. The topological polar surface area (TPSA) is 39.3 Å². The second-order valence-corrected chi connectivity index (χ2v) is 4.56. The Labute approximate surface area is 94.6 Å². The van der Waals surface area contributed by atoms with Crippen molar-refractivity contribution >= 4 is 10.9 Å². The Hall–Kier alpha value is -1.32. The first-order valence-corrected chi connectivity index (χ1v) is 5.84. The number of hydroxylamine groups is 2. The van der Waals surface area contributed by atoms with Gasteiger partial charge in [-0.1, -0.05) is 12.1 Å². The van der Waals surface area contributed by atoms with E-state index in [4.69, 9.17) is 0 Å². The molecule has 0 saturated carbocycles. The third-order valence-electron chi connectivity index (χ3n) is 3.44. The number of nitrogens with zero attached hydrogens (tertiary/aromatic N) is 1. The number of fused-ring (bicyclic) bond motifs is 1. The van der Waals surface area contributed by atoms with E-state index in [1.54, 1.807) is 0 Å². The zero-order chi connectivity index (χ0) is 11.0. The SMILES string of the molecule is ON1CCCC1Cc1ccc2cc[nH]c2c1. The molecule has 2 N–H and O–H groups in total. The predicted molar refractivity (Wildman–Crippen MR) is 63.5 cm³/mol. The largest absolute Gasteiger partial charge is 0.361 e. The quantitative estimate of drug-likeness (QED) is 0.809. The first-order valence-electron chi connectivity index (χ1n) is 5.84. The number of aromatic amines is 1. The normalized spacial score (nSPS) is 21.9. The fourth-order valence-corrected chi connectivity index (χ4v) is 2.52. The van der Waals surface area contributed by atoms with E-state index in [9.17, 15) is 5.21 Å². The second kappa shape index (κ2) is 3.92. The third kappa shape index (κ3) is 1.72. The number of hydrogen-bond acceptors (Lipinski definition) is 2. The van der Waals surface area contributed by atoms with Crippen LogP contribution in [0.15, 0.2) is 30.5 Å². The molecule has 3 rings (SSSR count). The van der Waals surface area contributed by atoms with Crippen LogP contribution in [0.3, 0.4) is 0 Å². The number of hydrogen-bond donors (Lipinski definition) is 2. The number of rotatable bonds is 2. The van der Waals surface area contributed by atoms with Gasteiger partial charge >= 0.3 is 0 Å². The van der Waals surface area contributed by atoms with E-state index in [-0.39, 0.29) is 0 Å². The van der Waals surface area contributed by atoms with Gasteiger partial charge in [0.15, 0.2) is 0 Å². The number of nitrogens with one attached hydrogen (secondary N) is 1. The van der Waals surface area contributed by atoms with Gasteiger partial charge in [-0.2, -0.15) is 5.06 Å². The molecule has 0 spiro atoms. The lowest BCUT2D eigenvalue weighted by Crippen LogP contribution is -2.27. The van der Waals surface area contributed by atoms with Crippen LogP contribution in [0.2, 0.25) is 0 Å². The molecule has 16 heavy (non-hydrogen) atoms. The van der Waals surface area contributed by atoms with Crippen LogP contribution in [0.5, 0.6) is 0 Å². The molecular formula is C13H16N2O. The average Bonchev–Trinajstić information content (AvgIpc) is 2.88. The Balaban J connectivity index is 1.83. The van der Waals surface area contributed by atoms with Crippen molar-refractivity contribution in [1.29, 1.82) is 0 Å². The number of benzene rings is 1. The molecule has 0 aliphatic carbocycles. The van der Waals surface area contributed by atoms with Crippen LogP contribution >= 0.6 is 0 Å². The third-order valence-corrected chi connectivity index (χ3v) is 3.44. The van der Waals surface area contributed by atoms with E-state index in [1.165, 1.54) is 21.5 Å². The highest BCUT2D eigenvalue weighted by atomic mass is 16.5. The van der Waals surface area contributed by atoms with Crippen LogP contribution in [-0.2, 0) is 6.42 Å². The van der Waals surface area contributed by atoms with Gasteiger partial charge < -0.3 is 10.2 Å². The van der Waals surface area contributed by atoms with Crippen LogP contribution in [0.25, 0.3) is 10.9 Å². The van der Waals surface area contributed by atoms with Crippen LogP contribution in [0.1, 0.15) is 18.4 Å². The van der Waals surface area contributed by atoms with Gasteiger partial charge in [0.2, 0.25) is 0 Å². The van der Waals surface area contributed by atoms with Gasteiger partial charge in [-0.25, -0.2) is 0 Å². The lowest BCUT2D eigenvalue weighted by molar-refractivity contribution is -0.102. The van der Waals surface area contributed by atoms with Crippen molar-refractivity contribution in [3.05, 3.63) is 36.0 Å². The summed E-state index contributed by atoms with van der Waals surface area (Å²) in [6.45, 7) is 0.815. The average molecular weight is 216 g/mol. The summed E-state index contributed by atoms with van der Waals surface area (Å²) in [7, 11) is 0. The Morgan fingerprint density at radius 3 is 3.12 bits per heavy atom. The van der Waals surface area contributed by atoms with Gasteiger partial charge in [0.1, 0.15) is 0 Å². The molecule has 0 radical (unpaired) electrons. The second-order valence-electron chi connectivity index (χ2n) is 4.56. The van der Waals surface area contributed by atoms with Crippen LogP contribution in [-0.4, -0.2) is 27.8 Å². The molecule has 1 atom stereocenters. The van der Waals surface area contributed by atoms with Crippen molar-refractivity contribution in [2.45, 2.75) is 25.3 Å². The lowest BCUT2D eigenvalue weighted by atomic mass is 10.0. The molecule has 3 heteroatoms. The summed E-state index contributed by atoms with van der Waals surface area (Å²) >= 11 is 0. The van der Waals surface area contributed by atoms with Crippen molar-refractivity contribution in [3.8, 4) is 0 Å². The lowest BCUT2D eigenvalue weighted by Gasteiger charge is -2.17. The van der Waals surface area contributed by atoms with Gasteiger partial charge in [-0.3, -0.25) is 0 Å². The van der Waals surface area contributed by atoms with Crippen molar-refractivity contribution in [3.63, 3.8) is 0 Å². The Morgan fingerprint density at radius 2 is 2.31 bits per heavy atom. The maximum atomic E-state index is 9.65. The standard InChI is InChI=1S/C13H16N2O/c16-15-7-1-2-12(15)8-10-3-4-11-5-6-14-13(11)9-10/h3-6,9,12,14,16H,1-2,7-8H2. The molecule has 1 saturated heterocycles. The highest BCUT2D eigenvalue weighted by molar-refractivity contribution is 5.79. The summed E-state index contributed by atoms with van der Waals surface area (Å²) in [6.07, 6.45) is 5.10. The zero-order valence-corrected chi connectivity index (χ0v) is 9.19. The maximum Gasteiger partial charge on any atom is 0.0456 e. The monoisotopic (exact) mass is 216 g/mol. The molecule has 1 unspecified atom stereocenters. The zero-order valence-electron chi connectivity index (χ0n) is 9.19. The summed E-state index contributed by atoms with van der Waals surface area (Å²) in [6, 6.07) is 8.85. The fourth-order valence-electron chi connectivity index (χ4n) is 2.52. The highest BCUT2D eigenvalue weighted by Gasteiger charge is 2.22. The number of aromatic nitrogens is 1. The molecule has 2 aromatic rings. The smallest absolute Gasteiger partial charge is 0.0456 e. The Morgan fingerprint density at radius 1 is 1.38 bits per heavy atom. The molecule has 2 heterocycles. The van der Waals surface area contributed by atoms with Crippen molar-refractivity contribution in [2.75, 3.05) is 6.54 Å². The molecule has 3 nitrogen and oxygen atoms in total. The molecule has 0 amide bonds.